The highest BCUT2D eigenvalue weighted by molar-refractivity contribution is 6.21. The molecule has 0 saturated carbocycles. The molecule has 0 aliphatic heterocycles. The van der Waals surface area contributed by atoms with E-state index in [-0.39, 0.29) is 0 Å². The van der Waals surface area contributed by atoms with Gasteiger partial charge in [-0.25, -0.2) is 0 Å². The summed E-state index contributed by atoms with van der Waals surface area (Å²) in [5.74, 6) is 0. The maximum absolute atomic E-state index is 6.46. The van der Waals surface area contributed by atoms with E-state index in [1.54, 1.807) is 0 Å². The van der Waals surface area contributed by atoms with Gasteiger partial charge in [-0.1, -0.05) is 255 Å². The second-order valence-electron chi connectivity index (χ2n) is 29.1. The van der Waals surface area contributed by atoms with Gasteiger partial charge < -0.3 is 27.1 Å². The number of furan rings is 2. The minimum absolute atomic E-state index is 0.898. The van der Waals surface area contributed by atoms with E-state index in [1.807, 2.05) is 12.1 Å². The van der Waals surface area contributed by atoms with Crippen LogP contribution in [0.3, 0.4) is 0 Å². The standard InChI is InChI=1S/2C52H32N2O/c1-2-12-33(13-3-1)35-16-10-17-38(28-35)53-47-21-8-6-19-40(47)42-29-36(24-26-48(42)53)37-25-27-49-43(30-37)44-32-52-45(41-20-7-9-23-51(41)55-52)31-50(44)54(49)46-22-11-15-34-14-4-5-18-39(34)46;1-2-12-33(13-3-1)35-16-10-17-38(28-35)53-47-21-8-6-19-40(47)42-29-36(24-26-48(42)53)37-25-27-49-43(30-37)44-31-45-41-20-7-9-23-51(41)55-52(45)32-50(44)54(49)46-22-11-15-34-14-4-5-18-39(34)46/h2*1-32H. The SMILES string of the molecule is c1ccc(-c2cccc(-n3c4ccccc4c4cc(-c5ccc6c(c5)c5cc7c(cc5n6-c5cccc6ccccc56)oc5ccccc57)ccc43)c2)cc1.c1ccc(-c2cccc(-n3c4ccccc4c4cc(-c5ccc6c(c5)c5cc7oc8ccccc8c7cc5n6-c5cccc6ccccc56)ccc43)c2)cc1. The molecule has 24 rings (SSSR count). The summed E-state index contributed by atoms with van der Waals surface area (Å²) in [7, 11) is 0. The number of aromatic nitrogens is 4. The van der Waals surface area contributed by atoms with Crippen LogP contribution in [0.15, 0.2) is 397 Å². The topological polar surface area (TPSA) is 46.0 Å². The summed E-state index contributed by atoms with van der Waals surface area (Å²) in [4.78, 5) is 0. The second-order valence-corrected chi connectivity index (χ2v) is 29.1. The fraction of sp³-hybridized carbons (Fsp3) is 0. The second kappa shape index (κ2) is 24.4. The van der Waals surface area contributed by atoms with Gasteiger partial charge in [0, 0.05) is 92.8 Å². The Morgan fingerprint density at radius 3 is 0.945 bits per heavy atom. The van der Waals surface area contributed by atoms with Crippen LogP contribution in [-0.4, -0.2) is 18.3 Å². The lowest BCUT2D eigenvalue weighted by Gasteiger charge is -2.12. The summed E-state index contributed by atoms with van der Waals surface area (Å²) in [6.07, 6.45) is 0. The summed E-state index contributed by atoms with van der Waals surface area (Å²) in [6.45, 7) is 0. The van der Waals surface area contributed by atoms with Gasteiger partial charge in [0.15, 0.2) is 0 Å². The summed E-state index contributed by atoms with van der Waals surface area (Å²) in [6, 6.07) is 141. The average molecular weight is 1400 g/mol. The molecule has 110 heavy (non-hydrogen) atoms. The van der Waals surface area contributed by atoms with Crippen molar-refractivity contribution in [2.45, 2.75) is 0 Å². The Balaban J connectivity index is 0.000000132. The van der Waals surface area contributed by atoms with E-state index in [4.69, 9.17) is 8.83 Å². The van der Waals surface area contributed by atoms with E-state index in [9.17, 15) is 0 Å². The molecule has 0 saturated heterocycles. The molecule has 0 N–H and O–H groups in total. The highest BCUT2D eigenvalue weighted by Gasteiger charge is 2.24. The van der Waals surface area contributed by atoms with Crippen molar-refractivity contribution in [1.29, 1.82) is 0 Å². The van der Waals surface area contributed by atoms with E-state index < -0.39 is 0 Å². The van der Waals surface area contributed by atoms with E-state index >= 15 is 0 Å². The van der Waals surface area contributed by atoms with Crippen LogP contribution in [0.1, 0.15) is 0 Å². The van der Waals surface area contributed by atoms with Crippen molar-refractivity contribution in [3.05, 3.63) is 388 Å². The molecular formula is C104H64N4O2. The van der Waals surface area contributed by atoms with Crippen molar-refractivity contribution in [2.75, 3.05) is 0 Å². The third kappa shape index (κ3) is 9.62. The molecule has 0 aliphatic rings. The van der Waals surface area contributed by atoms with Crippen LogP contribution in [0.2, 0.25) is 0 Å². The first-order chi connectivity index (χ1) is 54.5. The molecule has 0 unspecified atom stereocenters. The molecule has 18 aromatic carbocycles. The molecular weight excluding hydrogens is 1340 g/mol. The van der Waals surface area contributed by atoms with Gasteiger partial charge in [-0.3, -0.25) is 0 Å². The van der Waals surface area contributed by atoms with Crippen LogP contribution in [0.5, 0.6) is 0 Å². The third-order valence-electron chi connectivity index (χ3n) is 23.0. The number of rotatable bonds is 8. The molecule has 512 valence electrons. The minimum Gasteiger partial charge on any atom is -0.456 e. The third-order valence-corrected chi connectivity index (χ3v) is 23.0. The van der Waals surface area contributed by atoms with Crippen LogP contribution < -0.4 is 0 Å². The molecule has 6 heteroatoms. The lowest BCUT2D eigenvalue weighted by atomic mass is 10.00. The number of benzene rings is 18. The lowest BCUT2D eigenvalue weighted by molar-refractivity contribution is 0.669. The molecule has 0 amide bonds. The number of fused-ring (bicyclic) bond motifs is 20. The zero-order chi connectivity index (χ0) is 72.1. The highest BCUT2D eigenvalue weighted by Crippen LogP contribution is 2.46. The van der Waals surface area contributed by atoms with Crippen molar-refractivity contribution in [1.82, 2.24) is 18.3 Å². The van der Waals surface area contributed by atoms with Gasteiger partial charge >= 0.3 is 0 Å². The molecule has 0 fully saturated rings. The summed E-state index contributed by atoms with van der Waals surface area (Å²) in [5, 5.41) is 19.2. The summed E-state index contributed by atoms with van der Waals surface area (Å²) < 4.78 is 22.6. The number of nitrogens with zero attached hydrogens (tertiary/aromatic N) is 4. The molecule has 6 heterocycles. The fourth-order valence-electron chi connectivity index (χ4n) is 17.9. The van der Waals surface area contributed by atoms with Gasteiger partial charge in [0.1, 0.15) is 22.3 Å². The average Bonchev–Trinajstić information content (AvgIpc) is 1.39. The Morgan fingerprint density at radius 1 is 0.145 bits per heavy atom. The lowest BCUT2D eigenvalue weighted by Crippen LogP contribution is -1.95. The molecule has 0 radical (unpaired) electrons. The van der Waals surface area contributed by atoms with Crippen molar-refractivity contribution in [3.63, 3.8) is 0 Å². The first kappa shape index (κ1) is 61.6. The van der Waals surface area contributed by atoms with Crippen molar-refractivity contribution < 1.29 is 8.83 Å². The molecule has 6 nitrogen and oxygen atoms in total. The van der Waals surface area contributed by atoms with Gasteiger partial charge in [-0.05, 0) is 183 Å². The van der Waals surface area contributed by atoms with E-state index in [2.05, 4.69) is 394 Å². The van der Waals surface area contributed by atoms with Crippen molar-refractivity contribution >= 4 is 153 Å². The van der Waals surface area contributed by atoms with Crippen LogP contribution in [0.25, 0.3) is 220 Å². The van der Waals surface area contributed by atoms with Gasteiger partial charge in [-0.15, -0.1) is 0 Å². The van der Waals surface area contributed by atoms with E-state index in [1.165, 1.54) is 153 Å². The predicted octanol–water partition coefficient (Wildman–Crippen LogP) is 28.5. The zero-order valence-corrected chi connectivity index (χ0v) is 59.6. The molecule has 0 aliphatic carbocycles. The Bertz CT molecular complexity index is 7890. The first-order valence-corrected chi connectivity index (χ1v) is 37.7. The Hall–Kier alpha value is -14.7. The number of para-hydroxylation sites is 4. The summed E-state index contributed by atoms with van der Waals surface area (Å²) >= 11 is 0. The van der Waals surface area contributed by atoms with Gasteiger partial charge in [0.2, 0.25) is 0 Å². The van der Waals surface area contributed by atoms with Crippen molar-refractivity contribution in [3.8, 4) is 67.3 Å². The molecule has 6 aromatic heterocycles. The van der Waals surface area contributed by atoms with E-state index in [0.29, 0.717) is 0 Å². The monoisotopic (exact) mass is 1400 g/mol. The molecule has 0 spiro atoms. The number of hydrogen-bond donors (Lipinski definition) is 0. The Kier molecular flexibility index (Phi) is 13.7. The van der Waals surface area contributed by atoms with Gasteiger partial charge in [0.05, 0.1) is 55.5 Å². The normalized spacial score (nSPS) is 12.0. The van der Waals surface area contributed by atoms with Gasteiger partial charge in [-0.2, -0.15) is 0 Å². The minimum atomic E-state index is 0.898. The van der Waals surface area contributed by atoms with Gasteiger partial charge in [0.25, 0.3) is 0 Å². The fourth-order valence-corrected chi connectivity index (χ4v) is 17.9. The van der Waals surface area contributed by atoms with E-state index in [0.717, 1.165) is 66.5 Å². The van der Waals surface area contributed by atoms with Crippen molar-refractivity contribution in [2.24, 2.45) is 0 Å². The smallest absolute Gasteiger partial charge is 0.137 e. The predicted molar refractivity (Wildman–Crippen MR) is 462 cm³/mol. The molecule has 0 atom stereocenters. The van der Waals surface area contributed by atoms with Crippen LogP contribution in [0.4, 0.5) is 0 Å². The molecule has 24 aromatic rings. The summed E-state index contributed by atoms with van der Waals surface area (Å²) in [5.41, 5.74) is 27.3. The van der Waals surface area contributed by atoms with Crippen LogP contribution in [0, 0.1) is 0 Å². The maximum atomic E-state index is 6.46. The zero-order valence-electron chi connectivity index (χ0n) is 59.6. The van der Waals surface area contributed by atoms with Crippen LogP contribution in [-0.2, 0) is 0 Å². The first-order valence-electron chi connectivity index (χ1n) is 37.7. The van der Waals surface area contributed by atoms with Crippen LogP contribution >= 0.6 is 0 Å². The molecule has 0 bridgehead atoms. The largest absolute Gasteiger partial charge is 0.456 e. The number of hydrogen-bond acceptors (Lipinski definition) is 2. The maximum Gasteiger partial charge on any atom is 0.137 e. The quantitative estimate of drug-likeness (QED) is 0.152. The highest BCUT2D eigenvalue weighted by atomic mass is 16.3. The Morgan fingerprint density at radius 2 is 0.464 bits per heavy atom. The Labute approximate surface area is 631 Å².